The van der Waals surface area contributed by atoms with Crippen molar-refractivity contribution >= 4 is 11.6 Å². The molecule has 0 radical (unpaired) electrons. The fraction of sp³-hybridized carbons (Fsp3) is 0.143. The molecule has 1 atom stereocenters. The van der Waals surface area contributed by atoms with E-state index in [-0.39, 0.29) is 10.6 Å². The van der Waals surface area contributed by atoms with Crippen LogP contribution in [-0.4, -0.2) is 5.11 Å². The monoisotopic (exact) mass is 268 g/mol. The van der Waals surface area contributed by atoms with E-state index < -0.39 is 17.7 Å². The predicted molar refractivity (Wildman–Crippen MR) is 66.6 cm³/mol. The van der Waals surface area contributed by atoms with Gasteiger partial charge in [0.1, 0.15) is 17.7 Å². The number of hydrogen-bond donors (Lipinski definition) is 1. The van der Waals surface area contributed by atoms with E-state index in [9.17, 15) is 13.9 Å². The summed E-state index contributed by atoms with van der Waals surface area (Å²) >= 11 is 5.47. The molecular formula is C14H11ClF2O. The molecule has 0 aliphatic heterocycles. The summed E-state index contributed by atoms with van der Waals surface area (Å²) in [6.07, 6.45) is -1.21. The van der Waals surface area contributed by atoms with Crippen LogP contribution < -0.4 is 0 Å². The van der Waals surface area contributed by atoms with Gasteiger partial charge in [-0.15, -0.1) is 0 Å². The number of benzene rings is 2. The van der Waals surface area contributed by atoms with Crippen molar-refractivity contribution in [2.24, 2.45) is 0 Å². The van der Waals surface area contributed by atoms with Gasteiger partial charge in [-0.3, -0.25) is 0 Å². The van der Waals surface area contributed by atoms with Gasteiger partial charge in [0.25, 0.3) is 0 Å². The van der Waals surface area contributed by atoms with Crippen LogP contribution in [0, 0.1) is 18.6 Å². The number of hydrogen-bond acceptors (Lipinski definition) is 1. The SMILES string of the molecule is Cc1cccc(C(O)c2cc(F)c(Cl)cc2F)c1. The minimum atomic E-state index is -1.21. The van der Waals surface area contributed by atoms with Crippen molar-refractivity contribution in [3.63, 3.8) is 0 Å². The van der Waals surface area contributed by atoms with Gasteiger partial charge in [0.15, 0.2) is 0 Å². The zero-order valence-corrected chi connectivity index (χ0v) is 10.4. The number of aliphatic hydroxyl groups excluding tert-OH is 1. The first-order valence-electron chi connectivity index (χ1n) is 5.38. The van der Waals surface area contributed by atoms with Crippen LogP contribution in [0.15, 0.2) is 36.4 Å². The Morgan fingerprint density at radius 2 is 1.83 bits per heavy atom. The van der Waals surface area contributed by atoms with Crippen LogP contribution in [-0.2, 0) is 0 Å². The maximum absolute atomic E-state index is 13.7. The molecule has 0 aliphatic carbocycles. The molecule has 0 bridgehead atoms. The summed E-state index contributed by atoms with van der Waals surface area (Å²) in [5.74, 6) is -1.48. The van der Waals surface area contributed by atoms with Crippen LogP contribution in [0.4, 0.5) is 8.78 Å². The van der Waals surface area contributed by atoms with Crippen LogP contribution in [0.5, 0.6) is 0 Å². The molecule has 94 valence electrons. The normalized spacial score (nSPS) is 12.5. The van der Waals surface area contributed by atoms with Crippen molar-refractivity contribution in [3.05, 3.63) is 69.7 Å². The minimum Gasteiger partial charge on any atom is -0.384 e. The number of halogens is 3. The highest BCUT2D eigenvalue weighted by atomic mass is 35.5. The molecule has 1 N–H and O–H groups in total. The molecule has 2 rings (SSSR count). The third kappa shape index (κ3) is 2.52. The largest absolute Gasteiger partial charge is 0.384 e. The van der Waals surface area contributed by atoms with Crippen LogP contribution >= 0.6 is 11.6 Å². The van der Waals surface area contributed by atoms with E-state index in [1.165, 1.54) is 0 Å². The predicted octanol–water partition coefficient (Wildman–Crippen LogP) is 4.01. The molecule has 0 aliphatic rings. The first-order valence-corrected chi connectivity index (χ1v) is 5.76. The average molecular weight is 269 g/mol. The van der Waals surface area contributed by atoms with Gasteiger partial charge >= 0.3 is 0 Å². The number of rotatable bonds is 2. The average Bonchev–Trinajstić information content (AvgIpc) is 2.33. The van der Waals surface area contributed by atoms with Gasteiger partial charge in [0.2, 0.25) is 0 Å². The molecule has 0 aromatic heterocycles. The van der Waals surface area contributed by atoms with Gasteiger partial charge in [-0.1, -0.05) is 41.4 Å². The summed E-state index contributed by atoms with van der Waals surface area (Å²) in [4.78, 5) is 0. The highest BCUT2D eigenvalue weighted by Gasteiger charge is 2.17. The lowest BCUT2D eigenvalue weighted by molar-refractivity contribution is 0.214. The summed E-state index contributed by atoms with van der Waals surface area (Å²) in [5, 5.41) is 9.76. The van der Waals surface area contributed by atoms with Crippen LogP contribution in [0.3, 0.4) is 0 Å². The molecule has 0 saturated heterocycles. The van der Waals surface area contributed by atoms with E-state index in [0.717, 1.165) is 17.7 Å². The lowest BCUT2D eigenvalue weighted by Crippen LogP contribution is -2.04. The Bertz CT molecular complexity index is 584. The molecule has 2 aromatic carbocycles. The Morgan fingerprint density at radius 1 is 1.11 bits per heavy atom. The van der Waals surface area contributed by atoms with E-state index >= 15 is 0 Å². The van der Waals surface area contributed by atoms with Crippen molar-refractivity contribution in [1.29, 1.82) is 0 Å². The van der Waals surface area contributed by atoms with Gasteiger partial charge < -0.3 is 5.11 Å². The highest BCUT2D eigenvalue weighted by Crippen LogP contribution is 2.28. The summed E-state index contributed by atoms with van der Waals surface area (Å²) in [6, 6.07) is 8.77. The Labute approximate surface area is 109 Å². The highest BCUT2D eigenvalue weighted by molar-refractivity contribution is 6.30. The topological polar surface area (TPSA) is 20.2 Å². The summed E-state index contributed by atoms with van der Waals surface area (Å²) in [6.45, 7) is 1.86. The maximum atomic E-state index is 13.7. The number of aliphatic hydroxyl groups is 1. The molecule has 1 nitrogen and oxygen atoms in total. The van der Waals surface area contributed by atoms with Crippen LogP contribution in [0.25, 0.3) is 0 Å². The zero-order valence-electron chi connectivity index (χ0n) is 9.62. The first kappa shape index (κ1) is 13.0. The molecule has 4 heteroatoms. The van der Waals surface area contributed by atoms with E-state index in [2.05, 4.69) is 0 Å². The molecular weight excluding hydrogens is 258 g/mol. The van der Waals surface area contributed by atoms with Gasteiger partial charge in [-0.25, -0.2) is 8.78 Å². The third-order valence-electron chi connectivity index (χ3n) is 2.69. The van der Waals surface area contributed by atoms with Crippen molar-refractivity contribution in [1.82, 2.24) is 0 Å². The van der Waals surface area contributed by atoms with Crippen molar-refractivity contribution in [3.8, 4) is 0 Å². The van der Waals surface area contributed by atoms with Gasteiger partial charge in [0, 0.05) is 5.56 Å². The number of aryl methyl sites for hydroxylation is 1. The second-order valence-electron chi connectivity index (χ2n) is 4.10. The molecule has 2 aromatic rings. The van der Waals surface area contributed by atoms with E-state index in [1.807, 2.05) is 13.0 Å². The fourth-order valence-corrected chi connectivity index (χ4v) is 1.92. The lowest BCUT2D eigenvalue weighted by Gasteiger charge is -2.13. The van der Waals surface area contributed by atoms with Gasteiger partial charge in [-0.05, 0) is 24.6 Å². The van der Waals surface area contributed by atoms with E-state index in [1.54, 1.807) is 18.2 Å². The Hall–Kier alpha value is -1.45. The second-order valence-corrected chi connectivity index (χ2v) is 4.51. The first-order chi connectivity index (χ1) is 8.49. The van der Waals surface area contributed by atoms with Gasteiger partial charge in [-0.2, -0.15) is 0 Å². The summed E-state index contributed by atoms with van der Waals surface area (Å²) in [5.41, 5.74) is 1.32. The smallest absolute Gasteiger partial charge is 0.142 e. The van der Waals surface area contributed by atoms with Crippen molar-refractivity contribution < 1.29 is 13.9 Å². The van der Waals surface area contributed by atoms with Crippen LogP contribution in [0.1, 0.15) is 22.8 Å². The molecule has 0 spiro atoms. The van der Waals surface area contributed by atoms with E-state index in [0.29, 0.717) is 5.56 Å². The molecule has 0 saturated carbocycles. The molecule has 0 fully saturated rings. The van der Waals surface area contributed by atoms with Gasteiger partial charge in [0.05, 0.1) is 5.02 Å². The summed E-state index contributed by atoms with van der Waals surface area (Å²) < 4.78 is 27.0. The molecule has 0 heterocycles. The zero-order chi connectivity index (χ0) is 13.3. The third-order valence-corrected chi connectivity index (χ3v) is 2.98. The molecule has 0 amide bonds. The quantitative estimate of drug-likeness (QED) is 0.816. The standard InChI is InChI=1S/C14H11ClF2O/c1-8-3-2-4-9(5-8)14(18)10-6-13(17)11(15)7-12(10)16/h2-7,14,18H,1H3. The van der Waals surface area contributed by atoms with Crippen LogP contribution in [0.2, 0.25) is 5.02 Å². The maximum Gasteiger partial charge on any atom is 0.142 e. The van der Waals surface area contributed by atoms with Crippen molar-refractivity contribution in [2.75, 3.05) is 0 Å². The second kappa shape index (κ2) is 5.04. The lowest BCUT2D eigenvalue weighted by atomic mass is 9.99. The fourth-order valence-electron chi connectivity index (χ4n) is 1.77. The minimum absolute atomic E-state index is 0.123. The van der Waals surface area contributed by atoms with Crippen molar-refractivity contribution in [2.45, 2.75) is 13.0 Å². The Kier molecular flexibility index (Phi) is 3.64. The Balaban J connectivity index is 2.46. The van der Waals surface area contributed by atoms with E-state index in [4.69, 9.17) is 11.6 Å². The summed E-state index contributed by atoms with van der Waals surface area (Å²) in [7, 11) is 0. The molecule has 1 unspecified atom stereocenters. The molecule has 18 heavy (non-hydrogen) atoms. The Morgan fingerprint density at radius 3 is 2.50 bits per heavy atom.